The monoisotopic (exact) mass is 377 g/mol. The van der Waals surface area contributed by atoms with Gasteiger partial charge < -0.3 is 14.7 Å². The lowest BCUT2D eigenvalue weighted by molar-refractivity contribution is -0.133. The van der Waals surface area contributed by atoms with Crippen LogP contribution in [0.5, 0.6) is 0 Å². The van der Waals surface area contributed by atoms with E-state index in [1.165, 1.54) is 0 Å². The number of benzene rings is 1. The third kappa shape index (κ3) is 4.54. The van der Waals surface area contributed by atoms with Crippen LogP contribution in [0.2, 0.25) is 0 Å². The van der Waals surface area contributed by atoms with Crippen molar-refractivity contribution in [3.05, 3.63) is 60.0 Å². The summed E-state index contributed by atoms with van der Waals surface area (Å²) in [5.41, 5.74) is 1.92. The normalized spacial score (nSPS) is 14.3. The molecule has 7 heteroatoms. The highest BCUT2D eigenvalue weighted by molar-refractivity contribution is 5.76. The summed E-state index contributed by atoms with van der Waals surface area (Å²) in [4.78, 5) is 22.6. The molecule has 0 saturated carbocycles. The molecule has 0 unspecified atom stereocenters. The molecule has 144 valence electrons. The second-order valence-corrected chi connectivity index (χ2v) is 6.87. The third-order valence-corrected chi connectivity index (χ3v) is 4.79. The Morgan fingerprint density at radius 3 is 2.79 bits per heavy atom. The minimum Gasteiger partial charge on any atom is -0.368 e. The fourth-order valence-electron chi connectivity index (χ4n) is 3.26. The molecule has 0 spiro atoms. The van der Waals surface area contributed by atoms with Crippen LogP contribution in [0.15, 0.2) is 53.2 Å². The molecule has 28 heavy (non-hydrogen) atoms. The Morgan fingerprint density at radius 1 is 1.11 bits per heavy atom. The maximum absolute atomic E-state index is 11.8. The number of rotatable bonds is 7. The summed E-state index contributed by atoms with van der Waals surface area (Å²) in [7, 11) is 0. The summed E-state index contributed by atoms with van der Waals surface area (Å²) in [6.45, 7) is 2.24. The first-order chi connectivity index (χ1) is 13.8. The van der Waals surface area contributed by atoms with Crippen molar-refractivity contribution in [1.82, 2.24) is 20.0 Å². The zero-order valence-corrected chi connectivity index (χ0v) is 15.7. The van der Waals surface area contributed by atoms with Crippen LogP contribution in [0.25, 0.3) is 11.5 Å². The van der Waals surface area contributed by atoms with Gasteiger partial charge in [-0.15, -0.1) is 0 Å². The van der Waals surface area contributed by atoms with Crippen LogP contribution in [-0.2, 0) is 11.2 Å². The minimum atomic E-state index is 0.249. The van der Waals surface area contributed by atoms with E-state index in [2.05, 4.69) is 20.4 Å². The Balaban J connectivity index is 1.31. The lowest BCUT2D eigenvalue weighted by Gasteiger charge is -2.26. The Morgan fingerprint density at radius 2 is 2.00 bits per heavy atom. The Kier molecular flexibility index (Phi) is 5.61. The fraction of sp³-hybridized carbons (Fsp3) is 0.333. The van der Waals surface area contributed by atoms with Crippen molar-refractivity contribution in [2.24, 2.45) is 0 Å². The molecule has 0 atom stereocenters. The molecule has 1 amide bonds. The van der Waals surface area contributed by atoms with Gasteiger partial charge >= 0.3 is 0 Å². The number of nitrogens with one attached hydrogen (secondary N) is 1. The predicted molar refractivity (Wildman–Crippen MR) is 106 cm³/mol. The van der Waals surface area contributed by atoms with Crippen molar-refractivity contribution >= 4 is 11.7 Å². The number of amides is 1. The highest BCUT2D eigenvalue weighted by Crippen LogP contribution is 2.19. The molecule has 1 aliphatic heterocycles. The van der Waals surface area contributed by atoms with E-state index in [9.17, 15) is 4.79 Å². The van der Waals surface area contributed by atoms with Crippen molar-refractivity contribution in [2.75, 3.05) is 25.0 Å². The van der Waals surface area contributed by atoms with Crippen LogP contribution in [0.4, 0.5) is 5.82 Å². The van der Waals surface area contributed by atoms with E-state index in [1.807, 2.05) is 47.4 Å². The quantitative estimate of drug-likeness (QED) is 0.681. The molecule has 1 aliphatic rings. The van der Waals surface area contributed by atoms with Crippen LogP contribution < -0.4 is 5.32 Å². The summed E-state index contributed by atoms with van der Waals surface area (Å²) >= 11 is 0. The van der Waals surface area contributed by atoms with Gasteiger partial charge in [-0.1, -0.05) is 35.5 Å². The van der Waals surface area contributed by atoms with Crippen LogP contribution >= 0.6 is 0 Å². The van der Waals surface area contributed by atoms with Crippen molar-refractivity contribution in [3.63, 3.8) is 0 Å². The molecule has 0 radical (unpaired) electrons. The van der Waals surface area contributed by atoms with Crippen molar-refractivity contribution in [1.29, 1.82) is 0 Å². The van der Waals surface area contributed by atoms with Gasteiger partial charge in [0, 0.05) is 38.7 Å². The van der Waals surface area contributed by atoms with Gasteiger partial charge in [0.2, 0.25) is 5.91 Å². The summed E-state index contributed by atoms with van der Waals surface area (Å²) < 4.78 is 5.37. The SMILES string of the molecule is O=C1CCCCN1CCNc1ccc(-c2nc(Cc3ccccc3)no2)cn1. The van der Waals surface area contributed by atoms with Crippen LogP contribution in [-0.4, -0.2) is 45.6 Å². The number of nitrogens with zero attached hydrogens (tertiary/aromatic N) is 4. The van der Waals surface area contributed by atoms with Crippen molar-refractivity contribution < 1.29 is 9.32 Å². The van der Waals surface area contributed by atoms with Gasteiger partial charge in [-0.3, -0.25) is 4.79 Å². The van der Waals surface area contributed by atoms with Gasteiger partial charge in [0.05, 0.1) is 5.56 Å². The highest BCUT2D eigenvalue weighted by Gasteiger charge is 2.17. The third-order valence-electron chi connectivity index (χ3n) is 4.79. The Bertz CT molecular complexity index is 908. The molecule has 4 rings (SSSR count). The highest BCUT2D eigenvalue weighted by atomic mass is 16.5. The molecule has 7 nitrogen and oxygen atoms in total. The first-order valence-electron chi connectivity index (χ1n) is 9.62. The molecular weight excluding hydrogens is 354 g/mol. The first-order valence-corrected chi connectivity index (χ1v) is 9.62. The van der Waals surface area contributed by atoms with E-state index < -0.39 is 0 Å². The number of piperidine rings is 1. The molecule has 2 aromatic heterocycles. The van der Waals surface area contributed by atoms with Crippen LogP contribution in [0.1, 0.15) is 30.7 Å². The maximum atomic E-state index is 11.8. The second-order valence-electron chi connectivity index (χ2n) is 6.87. The van der Waals surface area contributed by atoms with E-state index in [0.717, 1.165) is 36.3 Å². The standard InChI is InChI=1S/C21H23N5O2/c27-20-8-4-5-12-26(20)13-11-22-18-10-9-17(15-23-18)21-24-19(25-28-21)14-16-6-2-1-3-7-16/h1-3,6-7,9-10,15H,4-5,8,11-14H2,(H,22,23). The van der Waals surface area contributed by atoms with E-state index in [1.54, 1.807) is 6.20 Å². The zero-order chi connectivity index (χ0) is 19.2. The zero-order valence-electron chi connectivity index (χ0n) is 15.7. The molecular formula is C21H23N5O2. The molecule has 0 aliphatic carbocycles. The predicted octanol–water partition coefficient (Wildman–Crippen LogP) is 3.15. The minimum absolute atomic E-state index is 0.249. The average Bonchev–Trinajstić information content (AvgIpc) is 3.19. The summed E-state index contributed by atoms with van der Waals surface area (Å²) in [5.74, 6) is 2.12. The number of carbonyl (C=O) groups is 1. The topological polar surface area (TPSA) is 84.2 Å². The fourth-order valence-corrected chi connectivity index (χ4v) is 3.26. The number of carbonyl (C=O) groups excluding carboxylic acids is 1. The van der Waals surface area contributed by atoms with E-state index in [4.69, 9.17) is 4.52 Å². The number of aromatic nitrogens is 3. The van der Waals surface area contributed by atoms with Crippen molar-refractivity contribution in [3.8, 4) is 11.5 Å². The van der Waals surface area contributed by atoms with E-state index >= 15 is 0 Å². The van der Waals surface area contributed by atoms with Gasteiger partial charge in [0.15, 0.2) is 5.82 Å². The lowest BCUT2D eigenvalue weighted by Crippen LogP contribution is -2.38. The van der Waals surface area contributed by atoms with Crippen molar-refractivity contribution in [2.45, 2.75) is 25.7 Å². The first kappa shape index (κ1) is 18.2. The molecule has 3 aromatic rings. The molecule has 0 bridgehead atoms. The van der Waals surface area contributed by atoms with Gasteiger partial charge in [-0.2, -0.15) is 4.98 Å². The number of hydrogen-bond donors (Lipinski definition) is 1. The van der Waals surface area contributed by atoms with Gasteiger partial charge in [-0.05, 0) is 30.5 Å². The van der Waals surface area contributed by atoms with Crippen LogP contribution in [0, 0.1) is 0 Å². The average molecular weight is 377 g/mol. The van der Waals surface area contributed by atoms with E-state index in [-0.39, 0.29) is 5.91 Å². The number of pyridine rings is 1. The van der Waals surface area contributed by atoms with Crippen LogP contribution in [0.3, 0.4) is 0 Å². The molecule has 1 N–H and O–H groups in total. The second kappa shape index (κ2) is 8.65. The van der Waals surface area contributed by atoms with Gasteiger partial charge in [0.1, 0.15) is 5.82 Å². The summed E-state index contributed by atoms with van der Waals surface area (Å²) in [5, 5.41) is 7.31. The number of anilines is 1. The number of hydrogen-bond acceptors (Lipinski definition) is 6. The van der Waals surface area contributed by atoms with E-state index in [0.29, 0.717) is 37.6 Å². The molecule has 1 fully saturated rings. The summed E-state index contributed by atoms with van der Waals surface area (Å²) in [6, 6.07) is 13.8. The lowest BCUT2D eigenvalue weighted by atomic mass is 10.1. The van der Waals surface area contributed by atoms with Gasteiger partial charge in [-0.25, -0.2) is 4.98 Å². The smallest absolute Gasteiger partial charge is 0.259 e. The Hall–Kier alpha value is -3.22. The van der Waals surface area contributed by atoms with Gasteiger partial charge in [0.25, 0.3) is 5.89 Å². The largest absolute Gasteiger partial charge is 0.368 e. The maximum Gasteiger partial charge on any atom is 0.259 e. The molecule has 1 saturated heterocycles. The number of likely N-dealkylation sites (tertiary alicyclic amines) is 1. The molecule has 1 aromatic carbocycles. The Labute approximate surface area is 163 Å². The summed E-state index contributed by atoms with van der Waals surface area (Å²) in [6.07, 6.45) is 5.12. The molecule has 3 heterocycles.